The van der Waals surface area contributed by atoms with E-state index >= 15 is 0 Å². The summed E-state index contributed by atoms with van der Waals surface area (Å²) in [7, 11) is 4.80. The summed E-state index contributed by atoms with van der Waals surface area (Å²) in [4.78, 5) is 8.76. The Morgan fingerprint density at radius 2 is 1.73 bits per heavy atom. The van der Waals surface area contributed by atoms with Crippen LogP contribution in [0.15, 0.2) is 12.4 Å². The van der Waals surface area contributed by atoms with Crippen LogP contribution in [-0.4, -0.2) is 37.3 Å². The van der Waals surface area contributed by atoms with Gasteiger partial charge in [0.2, 0.25) is 5.75 Å². The van der Waals surface area contributed by atoms with Crippen molar-refractivity contribution in [3.8, 4) is 17.2 Å². The van der Waals surface area contributed by atoms with Gasteiger partial charge in [-0.1, -0.05) is 12.8 Å². The molecular weight excluding hydrogens is 282 g/mol. The SMILES string of the molecule is COc1cc2c(NC3CCCC3)ncnc2c(OC)c1OC. The number of hydrogen-bond donors (Lipinski definition) is 1. The molecule has 6 nitrogen and oxygen atoms in total. The fourth-order valence-corrected chi connectivity index (χ4v) is 3.04. The summed E-state index contributed by atoms with van der Waals surface area (Å²) in [6.07, 6.45) is 6.43. The number of nitrogens with zero attached hydrogens (tertiary/aromatic N) is 2. The summed E-state index contributed by atoms with van der Waals surface area (Å²) in [5.41, 5.74) is 0.718. The zero-order chi connectivity index (χ0) is 15.5. The number of hydrogen-bond acceptors (Lipinski definition) is 6. The van der Waals surface area contributed by atoms with Crippen LogP contribution >= 0.6 is 0 Å². The first-order valence-electron chi connectivity index (χ1n) is 7.48. The molecule has 1 N–H and O–H groups in total. The van der Waals surface area contributed by atoms with Crippen LogP contribution in [0.1, 0.15) is 25.7 Å². The highest BCUT2D eigenvalue weighted by molar-refractivity contribution is 5.96. The average Bonchev–Trinajstić information content (AvgIpc) is 3.06. The number of benzene rings is 1. The van der Waals surface area contributed by atoms with Gasteiger partial charge in [0.05, 0.1) is 26.7 Å². The molecule has 0 spiro atoms. The standard InChI is InChI=1S/C16H21N3O3/c1-20-12-8-11-13(15(22-3)14(12)21-2)17-9-18-16(11)19-10-6-4-5-7-10/h8-10H,4-7H2,1-3H3,(H,17,18,19). The molecule has 2 aromatic rings. The van der Waals surface area contributed by atoms with Crippen molar-refractivity contribution in [2.75, 3.05) is 26.6 Å². The number of methoxy groups -OCH3 is 3. The lowest BCUT2D eigenvalue weighted by Gasteiger charge is -2.17. The highest BCUT2D eigenvalue weighted by Gasteiger charge is 2.21. The van der Waals surface area contributed by atoms with Crippen LogP contribution in [0, 0.1) is 0 Å². The normalized spacial score (nSPS) is 15.0. The predicted molar refractivity (Wildman–Crippen MR) is 85.1 cm³/mol. The zero-order valence-corrected chi connectivity index (χ0v) is 13.2. The van der Waals surface area contributed by atoms with E-state index in [2.05, 4.69) is 15.3 Å². The number of fused-ring (bicyclic) bond motifs is 1. The Bertz CT molecular complexity index is 669. The summed E-state index contributed by atoms with van der Waals surface area (Å²) in [5, 5.41) is 4.40. The smallest absolute Gasteiger partial charge is 0.205 e. The summed E-state index contributed by atoms with van der Waals surface area (Å²) in [6.45, 7) is 0. The highest BCUT2D eigenvalue weighted by Crippen LogP contribution is 2.44. The Kier molecular flexibility index (Phi) is 4.18. The molecule has 1 aliphatic carbocycles. The van der Waals surface area contributed by atoms with Gasteiger partial charge >= 0.3 is 0 Å². The lowest BCUT2D eigenvalue weighted by molar-refractivity contribution is 0.327. The van der Waals surface area contributed by atoms with Gasteiger partial charge in [-0.15, -0.1) is 0 Å². The van der Waals surface area contributed by atoms with Crippen LogP contribution in [0.4, 0.5) is 5.82 Å². The molecule has 0 atom stereocenters. The third-order valence-electron chi connectivity index (χ3n) is 4.13. The number of nitrogens with one attached hydrogen (secondary N) is 1. The summed E-state index contributed by atoms with van der Waals surface area (Å²) >= 11 is 0. The monoisotopic (exact) mass is 303 g/mol. The first kappa shape index (κ1) is 14.7. The second-order valence-corrected chi connectivity index (χ2v) is 5.39. The van der Waals surface area contributed by atoms with Gasteiger partial charge in [0, 0.05) is 6.04 Å². The maximum Gasteiger partial charge on any atom is 0.205 e. The van der Waals surface area contributed by atoms with Crippen molar-refractivity contribution < 1.29 is 14.2 Å². The second kappa shape index (κ2) is 6.25. The Morgan fingerprint density at radius 3 is 2.36 bits per heavy atom. The number of rotatable bonds is 5. The molecule has 0 unspecified atom stereocenters. The van der Waals surface area contributed by atoms with Crippen LogP contribution in [0.3, 0.4) is 0 Å². The van der Waals surface area contributed by atoms with E-state index in [0.717, 1.165) is 16.7 Å². The minimum Gasteiger partial charge on any atom is -0.493 e. The maximum absolute atomic E-state index is 5.49. The average molecular weight is 303 g/mol. The van der Waals surface area contributed by atoms with Crippen LogP contribution in [0.5, 0.6) is 17.2 Å². The molecule has 0 radical (unpaired) electrons. The minimum atomic E-state index is 0.470. The lowest BCUT2D eigenvalue weighted by Crippen LogP contribution is -2.16. The molecule has 22 heavy (non-hydrogen) atoms. The molecule has 0 aliphatic heterocycles. The van der Waals surface area contributed by atoms with Gasteiger partial charge in [-0.05, 0) is 18.9 Å². The van der Waals surface area contributed by atoms with E-state index in [9.17, 15) is 0 Å². The Hall–Kier alpha value is -2.24. The molecular formula is C16H21N3O3. The second-order valence-electron chi connectivity index (χ2n) is 5.39. The predicted octanol–water partition coefficient (Wildman–Crippen LogP) is 3.01. The van der Waals surface area contributed by atoms with Gasteiger partial charge in [0.1, 0.15) is 17.7 Å². The van der Waals surface area contributed by atoms with Crippen molar-refractivity contribution in [2.24, 2.45) is 0 Å². The molecule has 1 aliphatic rings. The molecule has 1 fully saturated rings. The van der Waals surface area contributed by atoms with Crippen LogP contribution in [0.25, 0.3) is 10.9 Å². The van der Waals surface area contributed by atoms with Gasteiger partial charge in [-0.2, -0.15) is 0 Å². The van der Waals surface area contributed by atoms with E-state index in [1.165, 1.54) is 25.7 Å². The third-order valence-corrected chi connectivity index (χ3v) is 4.13. The van der Waals surface area contributed by atoms with Gasteiger partial charge in [-0.25, -0.2) is 9.97 Å². The fourth-order valence-electron chi connectivity index (χ4n) is 3.04. The number of aromatic nitrogens is 2. The Labute approximate surface area is 129 Å². The maximum atomic E-state index is 5.49. The highest BCUT2D eigenvalue weighted by atomic mass is 16.5. The van der Waals surface area contributed by atoms with E-state index < -0.39 is 0 Å². The molecule has 6 heteroatoms. The van der Waals surface area contributed by atoms with E-state index in [0.29, 0.717) is 23.3 Å². The van der Waals surface area contributed by atoms with Crippen LogP contribution < -0.4 is 19.5 Å². The molecule has 3 rings (SSSR count). The van der Waals surface area contributed by atoms with Crippen molar-refractivity contribution in [1.82, 2.24) is 9.97 Å². The van der Waals surface area contributed by atoms with Gasteiger partial charge in [-0.3, -0.25) is 0 Å². The molecule has 0 bridgehead atoms. The van der Waals surface area contributed by atoms with E-state index in [1.807, 2.05) is 6.07 Å². The molecule has 1 heterocycles. The van der Waals surface area contributed by atoms with E-state index in [4.69, 9.17) is 14.2 Å². The Morgan fingerprint density at radius 1 is 1.00 bits per heavy atom. The van der Waals surface area contributed by atoms with Crippen molar-refractivity contribution in [2.45, 2.75) is 31.7 Å². The quantitative estimate of drug-likeness (QED) is 0.916. The summed E-state index contributed by atoms with van der Waals surface area (Å²) in [5.74, 6) is 2.53. The Balaban J connectivity index is 2.14. The van der Waals surface area contributed by atoms with E-state index in [1.54, 1.807) is 27.7 Å². The molecule has 1 aromatic carbocycles. The fraction of sp³-hybridized carbons (Fsp3) is 0.500. The van der Waals surface area contributed by atoms with Crippen molar-refractivity contribution in [3.05, 3.63) is 12.4 Å². The van der Waals surface area contributed by atoms with E-state index in [-0.39, 0.29) is 0 Å². The van der Waals surface area contributed by atoms with Crippen LogP contribution in [-0.2, 0) is 0 Å². The first-order chi connectivity index (χ1) is 10.8. The summed E-state index contributed by atoms with van der Waals surface area (Å²) in [6, 6.07) is 2.37. The zero-order valence-electron chi connectivity index (χ0n) is 13.2. The molecule has 1 aromatic heterocycles. The van der Waals surface area contributed by atoms with Crippen LogP contribution in [0.2, 0.25) is 0 Å². The lowest BCUT2D eigenvalue weighted by atomic mass is 10.1. The molecule has 0 saturated heterocycles. The number of anilines is 1. The van der Waals surface area contributed by atoms with Crippen molar-refractivity contribution in [3.63, 3.8) is 0 Å². The third kappa shape index (κ3) is 2.49. The topological polar surface area (TPSA) is 65.5 Å². The summed E-state index contributed by atoms with van der Waals surface area (Å²) < 4.78 is 16.3. The van der Waals surface area contributed by atoms with Gasteiger partial charge in [0.15, 0.2) is 11.5 Å². The molecule has 1 saturated carbocycles. The van der Waals surface area contributed by atoms with Gasteiger partial charge in [0.25, 0.3) is 0 Å². The largest absolute Gasteiger partial charge is 0.493 e. The number of ether oxygens (including phenoxy) is 3. The van der Waals surface area contributed by atoms with Crippen molar-refractivity contribution in [1.29, 1.82) is 0 Å². The molecule has 0 amide bonds. The van der Waals surface area contributed by atoms with Crippen molar-refractivity contribution >= 4 is 16.7 Å². The minimum absolute atomic E-state index is 0.470. The first-order valence-corrected chi connectivity index (χ1v) is 7.48. The molecule has 118 valence electrons. The van der Waals surface area contributed by atoms with Gasteiger partial charge < -0.3 is 19.5 Å².